The molecule has 0 bridgehead atoms. The fourth-order valence-corrected chi connectivity index (χ4v) is 3.70. The van der Waals surface area contributed by atoms with Crippen molar-refractivity contribution in [2.24, 2.45) is 0 Å². The third kappa shape index (κ3) is 7.20. The van der Waals surface area contributed by atoms with Gasteiger partial charge in [-0.15, -0.1) is 0 Å². The number of aliphatic hydroxyl groups is 1. The van der Waals surface area contributed by atoms with Crippen LogP contribution in [0.3, 0.4) is 0 Å². The van der Waals surface area contributed by atoms with Crippen molar-refractivity contribution in [1.82, 2.24) is 0 Å². The zero-order valence-electron chi connectivity index (χ0n) is 16.1. The van der Waals surface area contributed by atoms with Gasteiger partial charge in [0.1, 0.15) is 0 Å². The van der Waals surface area contributed by atoms with Crippen molar-refractivity contribution >= 4 is 10.8 Å². The Bertz CT molecular complexity index is 584. The van der Waals surface area contributed by atoms with Crippen molar-refractivity contribution in [3.05, 3.63) is 48.0 Å². The van der Waals surface area contributed by atoms with Crippen LogP contribution in [-0.2, 0) is 0 Å². The zero-order valence-corrected chi connectivity index (χ0v) is 16.1. The Morgan fingerprint density at radius 3 is 1.92 bits per heavy atom. The van der Waals surface area contributed by atoms with Crippen LogP contribution >= 0.6 is 0 Å². The van der Waals surface area contributed by atoms with Gasteiger partial charge in [0.2, 0.25) is 0 Å². The molecule has 1 unspecified atom stereocenters. The first-order chi connectivity index (χ1) is 12.3. The summed E-state index contributed by atoms with van der Waals surface area (Å²) in [6.45, 7) is 2.28. The average molecular weight is 341 g/mol. The third-order valence-electron chi connectivity index (χ3n) is 5.26. The zero-order chi connectivity index (χ0) is 17.7. The van der Waals surface area contributed by atoms with Crippen LogP contribution in [0.15, 0.2) is 42.5 Å². The van der Waals surface area contributed by atoms with Crippen LogP contribution < -0.4 is 0 Å². The molecule has 0 saturated heterocycles. The van der Waals surface area contributed by atoms with Gasteiger partial charge in [-0.05, 0) is 22.8 Å². The van der Waals surface area contributed by atoms with E-state index in [2.05, 4.69) is 49.4 Å². The van der Waals surface area contributed by atoms with E-state index in [9.17, 15) is 5.11 Å². The summed E-state index contributed by atoms with van der Waals surface area (Å²) < 4.78 is 0. The molecule has 1 atom stereocenters. The molecule has 2 rings (SSSR count). The number of rotatable bonds is 13. The van der Waals surface area contributed by atoms with Gasteiger partial charge in [0.15, 0.2) is 0 Å². The Morgan fingerprint density at radius 1 is 0.680 bits per heavy atom. The number of hydrogen-bond acceptors (Lipinski definition) is 1. The molecular formula is C24H36O. The highest BCUT2D eigenvalue weighted by atomic mass is 16.3. The molecule has 138 valence electrons. The van der Waals surface area contributed by atoms with Crippen molar-refractivity contribution in [2.45, 2.75) is 90.1 Å². The average Bonchev–Trinajstić information content (AvgIpc) is 2.65. The van der Waals surface area contributed by atoms with Crippen molar-refractivity contribution < 1.29 is 5.11 Å². The van der Waals surface area contributed by atoms with Crippen LogP contribution in [-0.4, -0.2) is 5.11 Å². The molecule has 2 aromatic carbocycles. The molecule has 1 N–H and O–H groups in total. The summed E-state index contributed by atoms with van der Waals surface area (Å²) in [5.74, 6) is 0. The molecule has 0 aliphatic rings. The van der Waals surface area contributed by atoms with Gasteiger partial charge in [-0.2, -0.15) is 0 Å². The molecule has 1 heteroatoms. The summed E-state index contributed by atoms with van der Waals surface area (Å²) in [4.78, 5) is 0. The number of unbranched alkanes of at least 4 members (excludes halogenated alkanes) is 10. The van der Waals surface area contributed by atoms with E-state index < -0.39 is 0 Å². The minimum absolute atomic E-state index is 0.329. The second-order valence-electron chi connectivity index (χ2n) is 7.41. The lowest BCUT2D eigenvalue weighted by Crippen LogP contribution is -1.98. The van der Waals surface area contributed by atoms with Gasteiger partial charge in [-0.3, -0.25) is 0 Å². The molecule has 0 amide bonds. The molecule has 0 saturated carbocycles. The maximum Gasteiger partial charge on any atom is 0.0796 e. The van der Waals surface area contributed by atoms with E-state index in [0.717, 1.165) is 18.4 Å². The molecule has 0 aliphatic heterocycles. The van der Waals surface area contributed by atoms with E-state index >= 15 is 0 Å². The van der Waals surface area contributed by atoms with Crippen LogP contribution in [0.2, 0.25) is 0 Å². The minimum Gasteiger partial charge on any atom is -0.388 e. The largest absolute Gasteiger partial charge is 0.388 e. The Labute approximate surface area is 154 Å². The number of aliphatic hydroxyl groups excluding tert-OH is 1. The second kappa shape index (κ2) is 12.1. The molecular weight excluding hydrogens is 304 g/mol. The summed E-state index contributed by atoms with van der Waals surface area (Å²) in [5.41, 5.74) is 1.09. The molecule has 0 aliphatic carbocycles. The summed E-state index contributed by atoms with van der Waals surface area (Å²) >= 11 is 0. The fourth-order valence-electron chi connectivity index (χ4n) is 3.70. The highest BCUT2D eigenvalue weighted by molar-refractivity contribution is 5.85. The summed E-state index contributed by atoms with van der Waals surface area (Å²) in [6, 6.07) is 14.6. The van der Waals surface area contributed by atoms with Crippen molar-refractivity contribution in [3.63, 3.8) is 0 Å². The molecule has 0 aromatic heterocycles. The van der Waals surface area contributed by atoms with Crippen LogP contribution in [0.1, 0.15) is 95.6 Å². The lowest BCUT2D eigenvalue weighted by molar-refractivity contribution is 0.165. The highest BCUT2D eigenvalue weighted by Gasteiger charge is 2.10. The summed E-state index contributed by atoms with van der Waals surface area (Å²) in [7, 11) is 0. The predicted molar refractivity (Wildman–Crippen MR) is 110 cm³/mol. The molecule has 0 fully saturated rings. The number of benzene rings is 2. The van der Waals surface area contributed by atoms with E-state index in [-0.39, 0.29) is 6.10 Å². The molecule has 2 aromatic rings. The van der Waals surface area contributed by atoms with Crippen molar-refractivity contribution in [2.75, 3.05) is 0 Å². The second-order valence-corrected chi connectivity index (χ2v) is 7.41. The maximum absolute atomic E-state index is 10.6. The minimum atomic E-state index is -0.329. The van der Waals surface area contributed by atoms with E-state index in [4.69, 9.17) is 0 Å². The van der Waals surface area contributed by atoms with Gasteiger partial charge in [0.25, 0.3) is 0 Å². The summed E-state index contributed by atoms with van der Waals surface area (Å²) in [5, 5.41) is 13.0. The first-order valence-corrected chi connectivity index (χ1v) is 10.5. The van der Waals surface area contributed by atoms with Crippen molar-refractivity contribution in [3.8, 4) is 0 Å². The topological polar surface area (TPSA) is 20.2 Å². The Hall–Kier alpha value is -1.34. The van der Waals surface area contributed by atoms with Crippen LogP contribution in [0, 0.1) is 0 Å². The highest BCUT2D eigenvalue weighted by Crippen LogP contribution is 2.27. The maximum atomic E-state index is 10.6. The van der Waals surface area contributed by atoms with E-state index in [0.29, 0.717) is 0 Å². The lowest BCUT2D eigenvalue weighted by Gasteiger charge is -2.13. The monoisotopic (exact) mass is 340 g/mol. The van der Waals surface area contributed by atoms with Gasteiger partial charge >= 0.3 is 0 Å². The summed E-state index contributed by atoms with van der Waals surface area (Å²) in [6.07, 6.45) is 15.4. The lowest BCUT2D eigenvalue weighted by atomic mass is 9.96. The SMILES string of the molecule is CCCCCCCCCCCCCC(O)c1cccc2ccccc12. The van der Waals surface area contributed by atoms with Crippen LogP contribution in [0.4, 0.5) is 0 Å². The van der Waals surface area contributed by atoms with E-state index in [1.165, 1.54) is 75.0 Å². The van der Waals surface area contributed by atoms with Gasteiger partial charge in [-0.25, -0.2) is 0 Å². The Kier molecular flexibility index (Phi) is 9.66. The molecule has 25 heavy (non-hydrogen) atoms. The first-order valence-electron chi connectivity index (χ1n) is 10.5. The first kappa shape index (κ1) is 20.0. The normalized spacial score (nSPS) is 12.6. The van der Waals surface area contributed by atoms with E-state index in [1.54, 1.807) is 0 Å². The Balaban J connectivity index is 1.57. The smallest absolute Gasteiger partial charge is 0.0796 e. The van der Waals surface area contributed by atoms with Gasteiger partial charge in [0.05, 0.1) is 6.10 Å². The molecule has 1 nitrogen and oxygen atoms in total. The van der Waals surface area contributed by atoms with Crippen molar-refractivity contribution in [1.29, 1.82) is 0 Å². The fraction of sp³-hybridized carbons (Fsp3) is 0.583. The number of fused-ring (bicyclic) bond motifs is 1. The molecule has 0 spiro atoms. The Morgan fingerprint density at radius 2 is 1.24 bits per heavy atom. The quantitative estimate of drug-likeness (QED) is 0.373. The molecule has 0 heterocycles. The van der Waals surface area contributed by atoms with Crippen LogP contribution in [0.5, 0.6) is 0 Å². The molecule has 0 radical (unpaired) electrons. The third-order valence-corrected chi connectivity index (χ3v) is 5.26. The van der Waals surface area contributed by atoms with Gasteiger partial charge < -0.3 is 5.11 Å². The standard InChI is InChI=1S/C24H36O/c1-2-3-4-5-6-7-8-9-10-11-12-20-24(25)23-19-15-17-21-16-13-14-18-22(21)23/h13-19,24-25H,2-12,20H2,1H3. The predicted octanol–water partition coefficient (Wildman–Crippen LogP) is 7.57. The van der Waals surface area contributed by atoms with Gasteiger partial charge in [-0.1, -0.05) is 120 Å². The van der Waals surface area contributed by atoms with Crippen LogP contribution in [0.25, 0.3) is 10.8 Å². The van der Waals surface area contributed by atoms with Gasteiger partial charge in [0, 0.05) is 0 Å². The van der Waals surface area contributed by atoms with E-state index in [1.807, 2.05) is 0 Å². The number of hydrogen-bond donors (Lipinski definition) is 1.